The van der Waals surface area contributed by atoms with Crippen LogP contribution >= 0.6 is 0 Å². The van der Waals surface area contributed by atoms with Crippen molar-refractivity contribution in [1.82, 2.24) is 10.2 Å². The van der Waals surface area contributed by atoms with Gasteiger partial charge in [0.1, 0.15) is 11.8 Å². The van der Waals surface area contributed by atoms with E-state index >= 15 is 0 Å². The summed E-state index contributed by atoms with van der Waals surface area (Å²) in [5.74, 6) is -0.841. The van der Waals surface area contributed by atoms with Crippen molar-refractivity contribution in [2.75, 3.05) is 19.7 Å². The number of hydrogen-bond donors (Lipinski definition) is 2. The molecule has 0 aliphatic carbocycles. The molecule has 7 nitrogen and oxygen atoms in total. The van der Waals surface area contributed by atoms with E-state index in [9.17, 15) is 14.4 Å². The van der Waals surface area contributed by atoms with Crippen LogP contribution in [0.2, 0.25) is 0 Å². The van der Waals surface area contributed by atoms with Crippen LogP contribution in [0.3, 0.4) is 0 Å². The fourth-order valence-electron chi connectivity index (χ4n) is 2.63. The maximum absolute atomic E-state index is 12.0. The maximum atomic E-state index is 12.0. The highest BCUT2D eigenvalue weighted by Crippen LogP contribution is 2.17. The number of benzene rings is 1. The van der Waals surface area contributed by atoms with Gasteiger partial charge in [-0.2, -0.15) is 0 Å². The first-order valence-electron chi connectivity index (χ1n) is 8.05. The van der Waals surface area contributed by atoms with Crippen molar-refractivity contribution in [2.45, 2.75) is 31.7 Å². The molecule has 1 unspecified atom stereocenters. The summed E-state index contributed by atoms with van der Waals surface area (Å²) in [6.07, 6.45) is 1.93. The zero-order chi connectivity index (χ0) is 17.4. The summed E-state index contributed by atoms with van der Waals surface area (Å²) in [5.41, 5.74) is 0. The molecule has 1 fully saturated rings. The normalized spacial score (nSPS) is 16.7. The van der Waals surface area contributed by atoms with Gasteiger partial charge in [-0.1, -0.05) is 18.2 Å². The monoisotopic (exact) mass is 334 g/mol. The Morgan fingerprint density at radius 1 is 1.25 bits per heavy atom. The summed E-state index contributed by atoms with van der Waals surface area (Å²) in [7, 11) is 0. The largest absolute Gasteiger partial charge is 0.494 e. The smallest absolute Gasteiger partial charge is 0.326 e. The lowest BCUT2D eigenvalue weighted by molar-refractivity contribution is -0.148. The van der Waals surface area contributed by atoms with E-state index in [4.69, 9.17) is 9.84 Å². The Morgan fingerprint density at radius 2 is 2.00 bits per heavy atom. The van der Waals surface area contributed by atoms with E-state index in [1.165, 1.54) is 4.90 Å². The number of aliphatic carboxylic acids is 1. The molecule has 1 aromatic carbocycles. The highest BCUT2D eigenvalue weighted by Gasteiger charge is 2.33. The summed E-state index contributed by atoms with van der Waals surface area (Å²) in [5, 5.41) is 11.6. The number of likely N-dealkylation sites (tertiary alicyclic amines) is 1. The van der Waals surface area contributed by atoms with E-state index in [1.807, 2.05) is 30.3 Å². The van der Waals surface area contributed by atoms with Gasteiger partial charge in [-0.25, -0.2) is 4.79 Å². The number of carboxylic acids is 1. The molecular weight excluding hydrogens is 312 g/mol. The van der Waals surface area contributed by atoms with Gasteiger partial charge in [-0.3, -0.25) is 9.59 Å². The van der Waals surface area contributed by atoms with Gasteiger partial charge in [0.2, 0.25) is 11.8 Å². The molecule has 1 atom stereocenters. The molecule has 2 rings (SSSR count). The van der Waals surface area contributed by atoms with Crippen molar-refractivity contribution in [3.8, 4) is 5.75 Å². The molecule has 2 N–H and O–H groups in total. The van der Waals surface area contributed by atoms with Crippen LogP contribution in [0.15, 0.2) is 30.3 Å². The van der Waals surface area contributed by atoms with E-state index in [-0.39, 0.29) is 24.8 Å². The van der Waals surface area contributed by atoms with E-state index in [2.05, 4.69) is 5.32 Å². The zero-order valence-electron chi connectivity index (χ0n) is 13.4. The number of ether oxygens (including phenoxy) is 1. The van der Waals surface area contributed by atoms with Crippen LogP contribution < -0.4 is 10.1 Å². The number of carboxylic acid groups (broad SMARTS) is 1. The summed E-state index contributed by atoms with van der Waals surface area (Å²) >= 11 is 0. The minimum Gasteiger partial charge on any atom is -0.494 e. The van der Waals surface area contributed by atoms with Crippen molar-refractivity contribution in [2.24, 2.45) is 0 Å². The molecule has 0 bridgehead atoms. The first-order chi connectivity index (χ1) is 11.6. The maximum Gasteiger partial charge on any atom is 0.326 e. The van der Waals surface area contributed by atoms with Crippen LogP contribution in [-0.4, -0.2) is 53.5 Å². The van der Waals surface area contributed by atoms with E-state index in [1.54, 1.807) is 0 Å². The Morgan fingerprint density at radius 3 is 2.71 bits per heavy atom. The number of rotatable bonds is 8. The Bertz CT molecular complexity index is 576. The lowest BCUT2D eigenvalue weighted by atomic mass is 10.2. The first-order valence-corrected chi connectivity index (χ1v) is 8.05. The van der Waals surface area contributed by atoms with E-state index < -0.39 is 12.0 Å². The van der Waals surface area contributed by atoms with Gasteiger partial charge < -0.3 is 20.1 Å². The Balaban J connectivity index is 1.62. The van der Waals surface area contributed by atoms with Gasteiger partial charge in [-0.15, -0.1) is 0 Å². The quantitative estimate of drug-likeness (QED) is 0.693. The van der Waals surface area contributed by atoms with Gasteiger partial charge in [0.25, 0.3) is 0 Å². The minimum atomic E-state index is -0.995. The van der Waals surface area contributed by atoms with Gasteiger partial charge in [0.15, 0.2) is 0 Å². The third-order valence-corrected chi connectivity index (χ3v) is 3.86. The molecule has 1 saturated heterocycles. The number of amides is 2. The van der Waals surface area contributed by atoms with Crippen molar-refractivity contribution in [1.29, 1.82) is 0 Å². The molecule has 0 saturated carbocycles. The standard InChI is InChI=1S/C17H22N2O5/c20-15(9-5-11-24-13-6-2-1-3-7-13)18-12-16(21)19-10-4-8-14(19)17(22)23/h1-3,6-7,14H,4-5,8-12H2,(H,18,20)(H,22,23). The molecule has 1 heterocycles. The molecule has 1 aromatic rings. The fourth-order valence-corrected chi connectivity index (χ4v) is 2.63. The molecular formula is C17H22N2O5. The Hall–Kier alpha value is -2.57. The molecule has 1 aliphatic heterocycles. The summed E-state index contributed by atoms with van der Waals surface area (Å²) in [4.78, 5) is 36.1. The molecule has 0 radical (unpaired) electrons. The average Bonchev–Trinajstić information content (AvgIpc) is 3.07. The van der Waals surface area contributed by atoms with Crippen LogP contribution in [-0.2, 0) is 14.4 Å². The van der Waals surface area contributed by atoms with Crippen molar-refractivity contribution in [3.05, 3.63) is 30.3 Å². The van der Waals surface area contributed by atoms with Crippen molar-refractivity contribution < 1.29 is 24.2 Å². The molecule has 24 heavy (non-hydrogen) atoms. The van der Waals surface area contributed by atoms with Gasteiger partial charge >= 0.3 is 5.97 Å². The van der Waals surface area contributed by atoms with Gasteiger partial charge in [0, 0.05) is 13.0 Å². The second-order valence-corrected chi connectivity index (χ2v) is 5.63. The van der Waals surface area contributed by atoms with Gasteiger partial charge in [0.05, 0.1) is 13.2 Å². The van der Waals surface area contributed by atoms with E-state index in [0.29, 0.717) is 32.4 Å². The Kier molecular flexibility index (Phi) is 6.60. The summed E-state index contributed by atoms with van der Waals surface area (Å²) in [6, 6.07) is 8.55. The number of nitrogens with zero attached hydrogens (tertiary/aromatic N) is 1. The fraction of sp³-hybridized carbons (Fsp3) is 0.471. The third-order valence-electron chi connectivity index (χ3n) is 3.86. The Labute approximate surface area is 140 Å². The summed E-state index contributed by atoms with van der Waals surface area (Å²) < 4.78 is 5.48. The highest BCUT2D eigenvalue weighted by atomic mass is 16.5. The predicted octanol–water partition coefficient (Wildman–Crippen LogP) is 1.04. The van der Waals surface area contributed by atoms with Crippen LogP contribution in [0.5, 0.6) is 5.75 Å². The minimum absolute atomic E-state index is 0.165. The average molecular weight is 334 g/mol. The second kappa shape index (κ2) is 8.90. The van der Waals surface area contributed by atoms with Crippen LogP contribution in [0.4, 0.5) is 0 Å². The third kappa shape index (κ3) is 5.26. The summed E-state index contributed by atoms with van der Waals surface area (Å²) in [6.45, 7) is 0.678. The van der Waals surface area contributed by atoms with Crippen LogP contribution in [0.25, 0.3) is 0 Å². The highest BCUT2D eigenvalue weighted by molar-refractivity contribution is 5.88. The van der Waals surface area contributed by atoms with Crippen LogP contribution in [0, 0.1) is 0 Å². The lowest BCUT2D eigenvalue weighted by Crippen LogP contribution is -2.45. The molecule has 2 amide bonds. The van der Waals surface area contributed by atoms with Gasteiger partial charge in [-0.05, 0) is 31.4 Å². The molecule has 7 heteroatoms. The number of hydrogen-bond acceptors (Lipinski definition) is 4. The van der Waals surface area contributed by atoms with Crippen LogP contribution in [0.1, 0.15) is 25.7 Å². The topological polar surface area (TPSA) is 95.9 Å². The number of carbonyl (C=O) groups excluding carboxylic acids is 2. The molecule has 0 spiro atoms. The number of carbonyl (C=O) groups is 3. The molecule has 1 aliphatic rings. The SMILES string of the molecule is O=C(CCCOc1ccccc1)NCC(=O)N1CCCC1C(=O)O. The lowest BCUT2D eigenvalue weighted by Gasteiger charge is -2.21. The number of nitrogens with one attached hydrogen (secondary N) is 1. The second-order valence-electron chi connectivity index (χ2n) is 5.63. The molecule has 0 aromatic heterocycles. The van der Waals surface area contributed by atoms with Crippen molar-refractivity contribution >= 4 is 17.8 Å². The number of para-hydroxylation sites is 1. The first kappa shape index (κ1) is 17.8. The zero-order valence-corrected chi connectivity index (χ0v) is 13.4. The predicted molar refractivity (Wildman–Crippen MR) is 86.6 cm³/mol. The molecule has 130 valence electrons. The van der Waals surface area contributed by atoms with E-state index in [0.717, 1.165) is 5.75 Å². The van der Waals surface area contributed by atoms with Crippen molar-refractivity contribution in [3.63, 3.8) is 0 Å².